The molecule has 0 heterocycles. The van der Waals surface area contributed by atoms with E-state index in [1.165, 1.54) is 6.92 Å². The highest BCUT2D eigenvalue weighted by molar-refractivity contribution is 7.92. The summed E-state index contributed by atoms with van der Waals surface area (Å²) in [5, 5.41) is 3.17. The number of halogens is 1. The minimum atomic E-state index is -3.72. The van der Waals surface area contributed by atoms with Gasteiger partial charge in [0.15, 0.2) is 0 Å². The molecular formula is C20H25ClN2O4S. The Morgan fingerprint density at radius 1 is 1.14 bits per heavy atom. The number of nitrogens with one attached hydrogen (secondary N) is 1. The van der Waals surface area contributed by atoms with Crippen LogP contribution in [0.2, 0.25) is 5.02 Å². The molecule has 0 saturated carbocycles. The zero-order valence-electron chi connectivity index (χ0n) is 16.6. The van der Waals surface area contributed by atoms with Gasteiger partial charge in [0.2, 0.25) is 15.9 Å². The molecule has 0 fully saturated rings. The lowest BCUT2D eigenvalue weighted by Crippen LogP contribution is -2.45. The largest absolute Gasteiger partial charge is 0.491 e. The van der Waals surface area contributed by atoms with Crippen molar-refractivity contribution in [1.29, 1.82) is 0 Å². The van der Waals surface area contributed by atoms with Crippen LogP contribution in [0.3, 0.4) is 0 Å². The van der Waals surface area contributed by atoms with Crippen LogP contribution in [0.25, 0.3) is 0 Å². The molecule has 1 amide bonds. The number of rotatable bonds is 7. The van der Waals surface area contributed by atoms with Crippen LogP contribution in [0, 0.1) is 6.92 Å². The zero-order chi connectivity index (χ0) is 21.1. The third-order valence-electron chi connectivity index (χ3n) is 3.97. The predicted octanol–water partition coefficient (Wildman–Crippen LogP) is 4.23. The van der Waals surface area contributed by atoms with E-state index in [-0.39, 0.29) is 6.10 Å². The van der Waals surface area contributed by atoms with Crippen LogP contribution < -0.4 is 14.4 Å². The van der Waals surface area contributed by atoms with Crippen LogP contribution >= 0.6 is 11.6 Å². The molecule has 6 nitrogen and oxygen atoms in total. The first-order valence-corrected chi connectivity index (χ1v) is 11.0. The molecule has 152 valence electrons. The Kier molecular flexibility index (Phi) is 6.96. The molecule has 8 heteroatoms. The minimum Gasteiger partial charge on any atom is -0.491 e. The van der Waals surface area contributed by atoms with Crippen LogP contribution in [0.15, 0.2) is 42.5 Å². The van der Waals surface area contributed by atoms with Crippen molar-refractivity contribution in [1.82, 2.24) is 0 Å². The fraction of sp³-hybridized carbons (Fsp3) is 0.350. The Morgan fingerprint density at radius 3 is 2.39 bits per heavy atom. The van der Waals surface area contributed by atoms with Gasteiger partial charge in [-0.15, -0.1) is 0 Å². The van der Waals surface area contributed by atoms with Gasteiger partial charge >= 0.3 is 0 Å². The van der Waals surface area contributed by atoms with Gasteiger partial charge in [-0.05, 0) is 57.5 Å². The highest BCUT2D eigenvalue weighted by Gasteiger charge is 2.29. The van der Waals surface area contributed by atoms with Crippen molar-refractivity contribution in [2.24, 2.45) is 0 Å². The van der Waals surface area contributed by atoms with Crippen LogP contribution in [-0.2, 0) is 14.8 Å². The molecule has 0 unspecified atom stereocenters. The summed E-state index contributed by atoms with van der Waals surface area (Å²) in [5.41, 5.74) is 1.67. The topological polar surface area (TPSA) is 75.7 Å². The van der Waals surface area contributed by atoms with Crippen LogP contribution in [0.4, 0.5) is 11.4 Å². The third kappa shape index (κ3) is 5.62. The number of carbonyl (C=O) groups is 1. The van der Waals surface area contributed by atoms with Gasteiger partial charge in [0.05, 0.1) is 18.0 Å². The molecular weight excluding hydrogens is 400 g/mol. The molecule has 0 spiro atoms. The fourth-order valence-corrected chi connectivity index (χ4v) is 4.04. The lowest BCUT2D eigenvalue weighted by molar-refractivity contribution is -0.116. The Labute approximate surface area is 171 Å². The first kappa shape index (κ1) is 22.0. The van der Waals surface area contributed by atoms with Gasteiger partial charge in [-0.1, -0.05) is 23.7 Å². The summed E-state index contributed by atoms with van der Waals surface area (Å²) in [4.78, 5) is 12.8. The van der Waals surface area contributed by atoms with Gasteiger partial charge < -0.3 is 10.1 Å². The van der Waals surface area contributed by atoms with Crippen molar-refractivity contribution in [3.05, 3.63) is 53.1 Å². The third-order valence-corrected chi connectivity index (χ3v) is 5.62. The van der Waals surface area contributed by atoms with Crippen LogP contribution in [0.5, 0.6) is 5.75 Å². The molecule has 0 radical (unpaired) electrons. The maximum Gasteiger partial charge on any atom is 0.247 e. The maximum absolute atomic E-state index is 12.8. The number of anilines is 2. The van der Waals surface area contributed by atoms with Crippen molar-refractivity contribution < 1.29 is 17.9 Å². The predicted molar refractivity (Wildman–Crippen MR) is 114 cm³/mol. The number of nitrogens with zero attached hydrogens (tertiary/aromatic N) is 1. The summed E-state index contributed by atoms with van der Waals surface area (Å²) < 4.78 is 31.4. The quantitative estimate of drug-likeness (QED) is 0.721. The Hall–Kier alpha value is -2.25. The number of sulfonamides is 1. The molecule has 2 rings (SSSR count). The van der Waals surface area contributed by atoms with Gasteiger partial charge in [-0.25, -0.2) is 8.42 Å². The Bertz CT molecular complexity index is 960. The lowest BCUT2D eigenvalue weighted by atomic mass is 10.2. The van der Waals surface area contributed by atoms with E-state index >= 15 is 0 Å². The highest BCUT2D eigenvalue weighted by Crippen LogP contribution is 2.27. The van der Waals surface area contributed by atoms with Gasteiger partial charge in [-0.2, -0.15) is 0 Å². The van der Waals surface area contributed by atoms with Crippen molar-refractivity contribution >= 4 is 38.9 Å². The molecule has 0 saturated heterocycles. The zero-order valence-corrected chi connectivity index (χ0v) is 18.1. The van der Waals surface area contributed by atoms with Gasteiger partial charge in [-0.3, -0.25) is 9.10 Å². The first-order chi connectivity index (χ1) is 13.0. The van der Waals surface area contributed by atoms with Crippen molar-refractivity contribution in [3.63, 3.8) is 0 Å². The number of ether oxygens (including phenoxy) is 1. The molecule has 0 aliphatic heterocycles. The van der Waals surface area contributed by atoms with E-state index in [2.05, 4.69) is 5.32 Å². The Balaban J connectivity index is 2.28. The van der Waals surface area contributed by atoms with E-state index in [4.69, 9.17) is 16.3 Å². The standard InChI is InChI=1S/C20H25ClN2O4S/c1-13(2)27-18-8-6-7-16(11-18)22-20(24)15(4)23(28(5,25)26)17-10-9-14(3)19(21)12-17/h6-13,15H,1-5H3,(H,22,24)/t15-/m1/s1. The average molecular weight is 425 g/mol. The summed E-state index contributed by atoms with van der Waals surface area (Å²) in [7, 11) is -3.72. The van der Waals surface area contributed by atoms with E-state index in [9.17, 15) is 13.2 Å². The van der Waals surface area contributed by atoms with E-state index in [1.54, 1.807) is 42.5 Å². The number of benzene rings is 2. The molecule has 2 aromatic carbocycles. The molecule has 0 bridgehead atoms. The SMILES string of the molecule is Cc1ccc(N([C@H](C)C(=O)Nc2cccc(OC(C)C)c2)S(C)(=O)=O)cc1Cl. The van der Waals surface area contributed by atoms with Crippen molar-refractivity contribution in [2.45, 2.75) is 39.8 Å². The molecule has 0 aromatic heterocycles. The van der Waals surface area contributed by atoms with E-state index < -0.39 is 22.0 Å². The minimum absolute atomic E-state index is 0.00288. The second-order valence-electron chi connectivity index (χ2n) is 6.85. The van der Waals surface area contributed by atoms with E-state index in [0.717, 1.165) is 16.1 Å². The molecule has 0 aliphatic carbocycles. The number of hydrogen-bond donors (Lipinski definition) is 1. The maximum atomic E-state index is 12.8. The highest BCUT2D eigenvalue weighted by atomic mass is 35.5. The number of carbonyl (C=O) groups excluding carboxylic acids is 1. The van der Waals surface area contributed by atoms with Crippen LogP contribution in [-0.4, -0.2) is 32.7 Å². The summed E-state index contributed by atoms with van der Waals surface area (Å²) in [6.07, 6.45) is 1.05. The van der Waals surface area contributed by atoms with Crippen molar-refractivity contribution in [2.75, 3.05) is 15.9 Å². The smallest absolute Gasteiger partial charge is 0.247 e. The monoisotopic (exact) mass is 424 g/mol. The molecule has 2 aromatic rings. The summed E-state index contributed by atoms with van der Waals surface area (Å²) in [5.74, 6) is 0.148. The van der Waals surface area contributed by atoms with Crippen LogP contribution in [0.1, 0.15) is 26.3 Å². The van der Waals surface area contributed by atoms with E-state index in [1.807, 2.05) is 20.8 Å². The average Bonchev–Trinajstić information content (AvgIpc) is 2.56. The summed E-state index contributed by atoms with van der Waals surface area (Å²) in [6.45, 7) is 7.16. The molecule has 0 aliphatic rings. The summed E-state index contributed by atoms with van der Waals surface area (Å²) in [6, 6.07) is 10.9. The number of amides is 1. The lowest BCUT2D eigenvalue weighted by Gasteiger charge is -2.28. The normalized spacial score (nSPS) is 12.5. The summed E-state index contributed by atoms with van der Waals surface area (Å²) >= 11 is 6.14. The number of aryl methyl sites for hydroxylation is 1. The van der Waals surface area contributed by atoms with Gasteiger partial charge in [0.1, 0.15) is 11.8 Å². The second-order valence-corrected chi connectivity index (χ2v) is 9.12. The van der Waals surface area contributed by atoms with E-state index in [0.29, 0.717) is 22.1 Å². The molecule has 1 atom stereocenters. The molecule has 1 N–H and O–H groups in total. The molecule has 28 heavy (non-hydrogen) atoms. The van der Waals surface area contributed by atoms with Gasteiger partial charge in [0, 0.05) is 16.8 Å². The second kappa shape index (κ2) is 8.84. The first-order valence-electron chi connectivity index (χ1n) is 8.82. The number of hydrogen-bond acceptors (Lipinski definition) is 4. The van der Waals surface area contributed by atoms with Crippen molar-refractivity contribution in [3.8, 4) is 5.75 Å². The fourth-order valence-electron chi connectivity index (χ4n) is 2.69. The Morgan fingerprint density at radius 2 is 1.82 bits per heavy atom. The van der Waals surface area contributed by atoms with Gasteiger partial charge in [0.25, 0.3) is 0 Å².